The predicted octanol–water partition coefficient (Wildman–Crippen LogP) is 1.56. The molecule has 1 rings (SSSR count). The number of ketones is 1. The van der Waals surface area contributed by atoms with Crippen molar-refractivity contribution in [3.8, 4) is 0 Å². The Bertz CT molecular complexity index is 219. The third kappa shape index (κ3) is 2.64. The molecule has 0 unspecified atom stereocenters. The van der Waals surface area contributed by atoms with E-state index < -0.39 is 0 Å². The molecule has 0 aromatic rings. The maximum atomic E-state index is 10.7. The van der Waals surface area contributed by atoms with Gasteiger partial charge in [-0.2, -0.15) is 0 Å². The van der Waals surface area contributed by atoms with Crippen molar-refractivity contribution in [1.82, 2.24) is 0 Å². The van der Waals surface area contributed by atoms with Crippen LogP contribution >= 0.6 is 0 Å². The lowest BCUT2D eigenvalue weighted by Crippen LogP contribution is -2.24. The maximum absolute atomic E-state index is 10.7. The molecule has 0 N–H and O–H groups in total. The lowest BCUT2D eigenvalue weighted by Gasteiger charge is -2.16. The number of hydrogen-bond acceptors (Lipinski definition) is 3. The molecule has 0 aromatic heterocycles. The summed E-state index contributed by atoms with van der Waals surface area (Å²) in [6.45, 7) is 6.29. The van der Waals surface area contributed by atoms with E-state index in [4.69, 9.17) is 4.74 Å². The van der Waals surface area contributed by atoms with E-state index in [1.165, 1.54) is 0 Å². The van der Waals surface area contributed by atoms with Gasteiger partial charge in [-0.1, -0.05) is 0 Å². The largest absolute Gasteiger partial charge is 0.473 e. The fourth-order valence-corrected chi connectivity index (χ4v) is 1.08. The van der Waals surface area contributed by atoms with Crippen LogP contribution < -0.4 is 0 Å². The Labute approximate surface area is 72.8 Å². The van der Waals surface area contributed by atoms with Crippen molar-refractivity contribution < 1.29 is 9.53 Å². The van der Waals surface area contributed by atoms with Gasteiger partial charge in [-0.05, 0) is 20.8 Å². The fourth-order valence-electron chi connectivity index (χ4n) is 1.08. The summed E-state index contributed by atoms with van der Waals surface area (Å²) in [6.07, 6.45) is 1.19. The molecule has 1 heterocycles. The average molecular weight is 169 g/mol. The van der Waals surface area contributed by atoms with Crippen LogP contribution in [0.25, 0.3) is 0 Å². The van der Waals surface area contributed by atoms with Gasteiger partial charge in [0.25, 0.3) is 0 Å². The Morgan fingerprint density at radius 2 is 2.33 bits per heavy atom. The van der Waals surface area contributed by atoms with Crippen molar-refractivity contribution in [3.63, 3.8) is 0 Å². The number of carbonyl (C=O) groups excluding carboxylic acids is 1. The fraction of sp³-hybridized carbons (Fsp3) is 0.778. The standard InChI is InChI=1S/C9H15NO2/c1-7(11)4-5-8-10-6-9(2,3)12-8/h4-6H2,1-3H3. The predicted molar refractivity (Wildman–Crippen MR) is 47.4 cm³/mol. The summed E-state index contributed by atoms with van der Waals surface area (Å²) in [5, 5.41) is 0. The van der Waals surface area contributed by atoms with Crippen molar-refractivity contribution in [3.05, 3.63) is 0 Å². The summed E-state index contributed by atoms with van der Waals surface area (Å²) in [5.41, 5.74) is -0.161. The smallest absolute Gasteiger partial charge is 0.184 e. The summed E-state index contributed by atoms with van der Waals surface area (Å²) in [5.74, 6) is 0.918. The highest BCUT2D eigenvalue weighted by Gasteiger charge is 2.26. The molecular formula is C9H15NO2. The van der Waals surface area contributed by atoms with Gasteiger partial charge in [0.15, 0.2) is 5.90 Å². The molecule has 1 aliphatic heterocycles. The summed E-state index contributed by atoms with van der Waals surface area (Å²) >= 11 is 0. The monoisotopic (exact) mass is 169 g/mol. The van der Waals surface area contributed by atoms with Crippen LogP contribution in [0.1, 0.15) is 33.6 Å². The van der Waals surface area contributed by atoms with Gasteiger partial charge in [0.05, 0.1) is 6.54 Å². The van der Waals surface area contributed by atoms with Crippen molar-refractivity contribution in [1.29, 1.82) is 0 Å². The summed E-state index contributed by atoms with van der Waals surface area (Å²) < 4.78 is 5.50. The molecular weight excluding hydrogens is 154 g/mol. The van der Waals surface area contributed by atoms with Gasteiger partial charge in [0.2, 0.25) is 0 Å². The highest BCUT2D eigenvalue weighted by molar-refractivity contribution is 5.84. The molecule has 0 saturated carbocycles. The molecule has 0 aliphatic carbocycles. The number of Topliss-reactive ketones (excluding diaryl/α,β-unsaturated/α-hetero) is 1. The van der Waals surface area contributed by atoms with E-state index in [0.717, 1.165) is 5.90 Å². The van der Waals surface area contributed by atoms with Crippen LogP contribution in [-0.2, 0) is 9.53 Å². The van der Waals surface area contributed by atoms with Gasteiger partial charge >= 0.3 is 0 Å². The van der Waals surface area contributed by atoms with E-state index in [0.29, 0.717) is 19.4 Å². The van der Waals surface area contributed by atoms with Crippen LogP contribution in [0.5, 0.6) is 0 Å². The topological polar surface area (TPSA) is 38.7 Å². The zero-order valence-corrected chi connectivity index (χ0v) is 7.89. The zero-order valence-electron chi connectivity index (χ0n) is 7.89. The van der Waals surface area contributed by atoms with E-state index in [-0.39, 0.29) is 11.4 Å². The summed E-state index contributed by atoms with van der Waals surface area (Å²) in [4.78, 5) is 14.9. The van der Waals surface area contributed by atoms with Crippen LogP contribution in [0.15, 0.2) is 4.99 Å². The number of ether oxygens (including phenoxy) is 1. The molecule has 0 bridgehead atoms. The highest BCUT2D eigenvalue weighted by atomic mass is 16.5. The number of rotatable bonds is 3. The van der Waals surface area contributed by atoms with Crippen molar-refractivity contribution in [2.24, 2.45) is 4.99 Å². The number of aliphatic imine (C=N–C) groups is 1. The Kier molecular flexibility index (Phi) is 2.50. The first-order valence-corrected chi connectivity index (χ1v) is 4.21. The molecule has 0 saturated heterocycles. The quantitative estimate of drug-likeness (QED) is 0.643. The van der Waals surface area contributed by atoms with E-state index in [2.05, 4.69) is 4.99 Å². The molecule has 0 spiro atoms. The van der Waals surface area contributed by atoms with E-state index in [1.54, 1.807) is 6.92 Å². The molecule has 3 heteroatoms. The van der Waals surface area contributed by atoms with Crippen molar-refractivity contribution >= 4 is 11.7 Å². The van der Waals surface area contributed by atoms with Crippen molar-refractivity contribution in [2.75, 3.05) is 6.54 Å². The minimum absolute atomic E-state index is 0.161. The number of hydrogen-bond donors (Lipinski definition) is 0. The highest BCUT2D eigenvalue weighted by Crippen LogP contribution is 2.18. The molecule has 68 valence electrons. The lowest BCUT2D eigenvalue weighted by atomic mass is 10.1. The van der Waals surface area contributed by atoms with E-state index in [9.17, 15) is 4.79 Å². The minimum Gasteiger partial charge on any atom is -0.473 e. The van der Waals surface area contributed by atoms with Gasteiger partial charge in [-0.3, -0.25) is 4.99 Å². The maximum Gasteiger partial charge on any atom is 0.184 e. The molecule has 1 aliphatic rings. The number of carbonyl (C=O) groups is 1. The van der Waals surface area contributed by atoms with Gasteiger partial charge < -0.3 is 9.53 Å². The van der Waals surface area contributed by atoms with Crippen molar-refractivity contribution in [2.45, 2.75) is 39.2 Å². The van der Waals surface area contributed by atoms with Crippen LogP contribution in [0.3, 0.4) is 0 Å². The second-order valence-corrected chi connectivity index (χ2v) is 3.77. The third-order valence-corrected chi connectivity index (χ3v) is 1.72. The molecule has 0 amide bonds. The Balaban J connectivity index is 2.33. The van der Waals surface area contributed by atoms with Gasteiger partial charge in [0, 0.05) is 12.8 Å². The normalized spacial score (nSPS) is 20.1. The third-order valence-electron chi connectivity index (χ3n) is 1.72. The second kappa shape index (κ2) is 3.25. The lowest BCUT2D eigenvalue weighted by molar-refractivity contribution is -0.116. The minimum atomic E-state index is -0.161. The van der Waals surface area contributed by atoms with Gasteiger partial charge in [-0.25, -0.2) is 0 Å². The first kappa shape index (κ1) is 9.23. The molecule has 0 fully saturated rings. The van der Waals surface area contributed by atoms with E-state index in [1.807, 2.05) is 13.8 Å². The van der Waals surface area contributed by atoms with Crippen LogP contribution in [-0.4, -0.2) is 23.8 Å². The second-order valence-electron chi connectivity index (χ2n) is 3.77. The average Bonchev–Trinajstić information content (AvgIpc) is 2.26. The number of nitrogens with zero attached hydrogens (tertiary/aromatic N) is 1. The van der Waals surface area contributed by atoms with Crippen LogP contribution in [0, 0.1) is 0 Å². The molecule has 0 radical (unpaired) electrons. The van der Waals surface area contributed by atoms with Gasteiger partial charge in [0.1, 0.15) is 11.4 Å². The first-order valence-electron chi connectivity index (χ1n) is 4.21. The summed E-state index contributed by atoms with van der Waals surface area (Å²) in [6, 6.07) is 0. The Hall–Kier alpha value is -0.860. The Morgan fingerprint density at radius 1 is 1.67 bits per heavy atom. The van der Waals surface area contributed by atoms with Gasteiger partial charge in [-0.15, -0.1) is 0 Å². The molecule has 0 atom stereocenters. The van der Waals surface area contributed by atoms with Crippen LogP contribution in [0.4, 0.5) is 0 Å². The first-order chi connectivity index (χ1) is 5.49. The molecule has 0 aromatic carbocycles. The van der Waals surface area contributed by atoms with Crippen LogP contribution in [0.2, 0.25) is 0 Å². The molecule has 3 nitrogen and oxygen atoms in total. The molecule has 12 heavy (non-hydrogen) atoms. The summed E-state index contributed by atoms with van der Waals surface area (Å²) in [7, 11) is 0. The zero-order chi connectivity index (χ0) is 9.19. The van der Waals surface area contributed by atoms with E-state index >= 15 is 0 Å². The SMILES string of the molecule is CC(=O)CCC1=NCC(C)(C)O1. The Morgan fingerprint density at radius 3 is 2.75 bits per heavy atom.